The van der Waals surface area contributed by atoms with Crippen LogP contribution in [0.2, 0.25) is 39.3 Å². The standard InChI is InChI=1S/C12H22FN3O2Si2/c1-9(17)16(19(2,3)4)11-10(13)8-14-12(15-11)18-20(5,6)7/h8H,1-7H3. The monoisotopic (exact) mass is 315 g/mol. The second-order valence-corrected chi connectivity index (χ2v) is 15.8. The Morgan fingerprint density at radius 1 is 1.25 bits per heavy atom. The van der Waals surface area contributed by atoms with Crippen molar-refractivity contribution in [1.29, 1.82) is 0 Å². The molecule has 0 spiro atoms. The van der Waals surface area contributed by atoms with E-state index in [1.54, 1.807) is 0 Å². The van der Waals surface area contributed by atoms with E-state index in [-0.39, 0.29) is 17.7 Å². The highest BCUT2D eigenvalue weighted by Gasteiger charge is 2.32. The first-order valence-electron chi connectivity index (χ1n) is 6.44. The summed E-state index contributed by atoms with van der Waals surface area (Å²) >= 11 is 0. The molecule has 0 radical (unpaired) electrons. The van der Waals surface area contributed by atoms with Crippen molar-refractivity contribution in [3.05, 3.63) is 12.0 Å². The number of rotatable bonds is 4. The van der Waals surface area contributed by atoms with Gasteiger partial charge >= 0.3 is 6.01 Å². The molecule has 1 aromatic heterocycles. The summed E-state index contributed by atoms with van der Waals surface area (Å²) in [5.74, 6) is -0.814. The molecule has 1 aromatic rings. The summed E-state index contributed by atoms with van der Waals surface area (Å²) in [6.45, 7) is 13.2. The van der Waals surface area contributed by atoms with E-state index in [0.717, 1.165) is 6.20 Å². The van der Waals surface area contributed by atoms with Crippen LogP contribution in [0.3, 0.4) is 0 Å². The Morgan fingerprint density at radius 3 is 2.20 bits per heavy atom. The summed E-state index contributed by atoms with van der Waals surface area (Å²) < 4.78 is 21.1. The molecule has 0 aliphatic heterocycles. The lowest BCUT2D eigenvalue weighted by atomic mass is 10.5. The highest BCUT2D eigenvalue weighted by molar-refractivity contribution is 6.82. The van der Waals surface area contributed by atoms with Crippen LogP contribution < -0.4 is 8.99 Å². The maximum atomic E-state index is 14.0. The quantitative estimate of drug-likeness (QED) is 0.802. The summed E-state index contributed by atoms with van der Waals surface area (Å²) in [6.07, 6.45) is 1.06. The lowest BCUT2D eigenvalue weighted by molar-refractivity contribution is -0.115. The normalized spacial score (nSPS) is 12.2. The number of nitrogens with zero attached hydrogens (tertiary/aromatic N) is 3. The van der Waals surface area contributed by atoms with Gasteiger partial charge in [-0.2, -0.15) is 4.98 Å². The molecule has 8 heteroatoms. The molecule has 0 atom stereocenters. The SMILES string of the molecule is CC(=O)N(c1nc(O[Si](C)(C)C)ncc1F)[Si](C)(C)C. The van der Waals surface area contributed by atoms with Crippen LogP contribution in [-0.4, -0.2) is 32.4 Å². The molecule has 0 aliphatic carbocycles. The number of anilines is 1. The number of halogens is 1. The van der Waals surface area contributed by atoms with E-state index in [1.165, 1.54) is 11.5 Å². The zero-order valence-corrected chi connectivity index (χ0v) is 15.1. The third kappa shape index (κ3) is 4.37. The van der Waals surface area contributed by atoms with Crippen molar-refractivity contribution in [3.8, 4) is 6.01 Å². The topological polar surface area (TPSA) is 55.3 Å². The molecule has 0 aromatic carbocycles. The molecule has 1 heterocycles. The molecule has 112 valence electrons. The number of amides is 1. The molecule has 0 N–H and O–H groups in total. The number of hydrogen-bond acceptors (Lipinski definition) is 4. The first-order chi connectivity index (χ1) is 8.92. The van der Waals surface area contributed by atoms with Gasteiger partial charge in [0.2, 0.25) is 14.2 Å². The minimum atomic E-state index is -2.09. The van der Waals surface area contributed by atoms with E-state index in [2.05, 4.69) is 9.97 Å². The lowest BCUT2D eigenvalue weighted by Crippen LogP contribution is -2.50. The van der Waals surface area contributed by atoms with Gasteiger partial charge in [0, 0.05) is 6.92 Å². The highest BCUT2D eigenvalue weighted by atomic mass is 28.4. The fraction of sp³-hybridized carbons (Fsp3) is 0.583. The first kappa shape index (κ1) is 16.8. The van der Waals surface area contributed by atoms with Crippen molar-refractivity contribution in [2.24, 2.45) is 0 Å². The Kier molecular flexibility index (Phi) is 4.70. The zero-order valence-electron chi connectivity index (χ0n) is 13.1. The average Bonchev–Trinajstić information content (AvgIpc) is 2.18. The van der Waals surface area contributed by atoms with Gasteiger partial charge in [0.15, 0.2) is 19.9 Å². The predicted octanol–water partition coefficient (Wildman–Crippen LogP) is 3.02. The summed E-state index contributed by atoms with van der Waals surface area (Å²) in [6, 6.07) is 0.130. The maximum absolute atomic E-state index is 14.0. The fourth-order valence-corrected chi connectivity index (χ4v) is 4.14. The van der Waals surface area contributed by atoms with Gasteiger partial charge in [0.05, 0.1) is 6.20 Å². The Balaban J connectivity index is 3.29. The maximum Gasteiger partial charge on any atom is 0.304 e. The molecule has 0 aliphatic rings. The van der Waals surface area contributed by atoms with Crippen molar-refractivity contribution < 1.29 is 13.6 Å². The van der Waals surface area contributed by atoms with Crippen molar-refractivity contribution in [2.45, 2.75) is 46.2 Å². The molecule has 0 saturated heterocycles. The molecule has 0 saturated carbocycles. The average molecular weight is 315 g/mol. The third-order valence-electron chi connectivity index (χ3n) is 2.30. The minimum absolute atomic E-state index is 0.0138. The van der Waals surface area contributed by atoms with Crippen LogP contribution in [0.1, 0.15) is 6.92 Å². The Hall–Kier alpha value is -1.29. The van der Waals surface area contributed by atoms with Gasteiger partial charge in [-0.05, 0) is 19.6 Å². The van der Waals surface area contributed by atoms with Crippen LogP contribution in [0.25, 0.3) is 0 Å². The minimum Gasteiger partial charge on any atom is -0.518 e. The number of carbonyl (C=O) groups excluding carboxylic acids is 1. The first-order valence-corrected chi connectivity index (χ1v) is 13.3. The molecular weight excluding hydrogens is 293 g/mol. The summed E-state index contributed by atoms with van der Waals surface area (Å²) in [5.41, 5.74) is 0. The van der Waals surface area contributed by atoms with Gasteiger partial charge in [-0.25, -0.2) is 9.37 Å². The number of carbonyl (C=O) groups is 1. The van der Waals surface area contributed by atoms with E-state index in [9.17, 15) is 9.18 Å². The van der Waals surface area contributed by atoms with Crippen LogP contribution >= 0.6 is 0 Å². The van der Waals surface area contributed by atoms with Crippen LogP contribution in [-0.2, 0) is 4.79 Å². The molecule has 1 rings (SSSR count). The van der Waals surface area contributed by atoms with E-state index in [4.69, 9.17) is 4.43 Å². The van der Waals surface area contributed by atoms with E-state index < -0.39 is 22.4 Å². The van der Waals surface area contributed by atoms with E-state index in [1.807, 2.05) is 39.3 Å². The summed E-state index contributed by atoms with van der Waals surface area (Å²) in [7, 11) is -3.98. The van der Waals surface area contributed by atoms with Crippen LogP contribution in [0, 0.1) is 5.82 Å². The zero-order chi connectivity index (χ0) is 15.7. The Morgan fingerprint density at radius 2 is 1.80 bits per heavy atom. The molecule has 0 fully saturated rings. The van der Waals surface area contributed by atoms with Crippen LogP contribution in [0.4, 0.5) is 10.2 Å². The van der Waals surface area contributed by atoms with Gasteiger partial charge in [-0.15, -0.1) is 0 Å². The molecular formula is C12H22FN3O2Si2. The van der Waals surface area contributed by atoms with Gasteiger partial charge in [0.1, 0.15) is 0 Å². The summed E-state index contributed by atoms with van der Waals surface area (Å²) in [4.78, 5) is 19.8. The van der Waals surface area contributed by atoms with Gasteiger partial charge in [0.25, 0.3) is 0 Å². The van der Waals surface area contributed by atoms with Crippen LogP contribution in [0.15, 0.2) is 6.20 Å². The largest absolute Gasteiger partial charge is 0.518 e. The highest BCUT2D eigenvalue weighted by Crippen LogP contribution is 2.25. The summed E-state index contributed by atoms with van der Waals surface area (Å²) in [5, 5.41) is 0. The molecule has 5 nitrogen and oxygen atoms in total. The Labute approximate surface area is 121 Å². The molecule has 20 heavy (non-hydrogen) atoms. The van der Waals surface area contributed by atoms with Crippen molar-refractivity contribution >= 4 is 28.3 Å². The van der Waals surface area contributed by atoms with Gasteiger partial charge in [-0.3, -0.25) is 4.79 Å². The molecule has 0 bridgehead atoms. The van der Waals surface area contributed by atoms with Crippen molar-refractivity contribution in [2.75, 3.05) is 4.57 Å². The van der Waals surface area contributed by atoms with Gasteiger partial charge in [-0.1, -0.05) is 19.6 Å². The fourth-order valence-electron chi connectivity index (χ4n) is 1.76. The Bertz CT molecular complexity index is 512. The third-order valence-corrected chi connectivity index (χ3v) is 4.96. The number of hydrogen-bond donors (Lipinski definition) is 0. The smallest absolute Gasteiger partial charge is 0.304 e. The molecule has 1 amide bonds. The van der Waals surface area contributed by atoms with E-state index >= 15 is 0 Å². The molecule has 0 unspecified atom stereocenters. The second-order valence-electron chi connectivity index (χ2n) is 6.56. The van der Waals surface area contributed by atoms with E-state index in [0.29, 0.717) is 0 Å². The van der Waals surface area contributed by atoms with Crippen molar-refractivity contribution in [1.82, 2.24) is 9.97 Å². The predicted molar refractivity (Wildman–Crippen MR) is 82.5 cm³/mol. The second kappa shape index (κ2) is 5.60. The van der Waals surface area contributed by atoms with Gasteiger partial charge < -0.3 is 8.99 Å². The number of aromatic nitrogens is 2. The lowest BCUT2D eigenvalue weighted by Gasteiger charge is -2.32. The van der Waals surface area contributed by atoms with Crippen LogP contribution in [0.5, 0.6) is 6.01 Å². The van der Waals surface area contributed by atoms with Crippen molar-refractivity contribution in [3.63, 3.8) is 0 Å².